The lowest BCUT2D eigenvalue weighted by molar-refractivity contribution is 0.0966. The van der Waals surface area contributed by atoms with Crippen LogP contribution < -0.4 is 10.2 Å². The molecule has 0 radical (unpaired) electrons. The van der Waals surface area contributed by atoms with Crippen molar-refractivity contribution in [2.75, 3.05) is 11.4 Å². The van der Waals surface area contributed by atoms with Gasteiger partial charge in [0.1, 0.15) is 0 Å². The summed E-state index contributed by atoms with van der Waals surface area (Å²) in [6.45, 7) is 1.46. The molecule has 2 aromatic rings. The zero-order valence-electron chi connectivity index (χ0n) is 11.5. The third kappa shape index (κ3) is 2.03. The van der Waals surface area contributed by atoms with Crippen molar-refractivity contribution in [1.82, 2.24) is 20.3 Å². The molecule has 2 aromatic heterocycles. The normalized spacial score (nSPS) is 20.5. The SMILES string of the molecule is O=C1NCc2nc([C@H]3CCCN3c3ncccn3)ccc21. The molecular formula is C15H15N5O. The Kier molecular flexibility index (Phi) is 2.80. The number of carbonyl (C=O) groups excluding carboxylic acids is 1. The van der Waals surface area contributed by atoms with Crippen LogP contribution in [0.3, 0.4) is 0 Å². The van der Waals surface area contributed by atoms with E-state index < -0.39 is 0 Å². The average molecular weight is 281 g/mol. The highest BCUT2D eigenvalue weighted by atomic mass is 16.1. The van der Waals surface area contributed by atoms with Gasteiger partial charge in [-0.2, -0.15) is 0 Å². The number of pyridine rings is 1. The summed E-state index contributed by atoms with van der Waals surface area (Å²) < 4.78 is 0. The minimum Gasteiger partial charge on any atom is -0.346 e. The summed E-state index contributed by atoms with van der Waals surface area (Å²) in [4.78, 5) is 27.2. The molecular weight excluding hydrogens is 266 g/mol. The van der Waals surface area contributed by atoms with Crippen molar-refractivity contribution in [2.45, 2.75) is 25.4 Å². The van der Waals surface area contributed by atoms with Crippen molar-refractivity contribution >= 4 is 11.9 Å². The summed E-state index contributed by atoms with van der Waals surface area (Å²) in [6, 6.07) is 5.84. The van der Waals surface area contributed by atoms with E-state index >= 15 is 0 Å². The smallest absolute Gasteiger partial charge is 0.253 e. The van der Waals surface area contributed by atoms with E-state index in [-0.39, 0.29) is 11.9 Å². The number of nitrogens with zero attached hydrogens (tertiary/aromatic N) is 4. The second kappa shape index (κ2) is 4.80. The Hall–Kier alpha value is -2.50. The van der Waals surface area contributed by atoms with Crippen molar-refractivity contribution in [3.8, 4) is 0 Å². The van der Waals surface area contributed by atoms with Crippen molar-refractivity contribution in [2.24, 2.45) is 0 Å². The van der Waals surface area contributed by atoms with E-state index in [1.165, 1.54) is 0 Å². The maximum Gasteiger partial charge on any atom is 0.253 e. The topological polar surface area (TPSA) is 71.0 Å². The first-order chi connectivity index (χ1) is 10.3. The highest BCUT2D eigenvalue weighted by Crippen LogP contribution is 2.33. The molecule has 0 aliphatic carbocycles. The van der Waals surface area contributed by atoms with Gasteiger partial charge in [0.15, 0.2) is 0 Å². The molecule has 0 spiro atoms. The van der Waals surface area contributed by atoms with Crippen LogP contribution in [0.4, 0.5) is 5.95 Å². The van der Waals surface area contributed by atoms with Crippen LogP contribution in [0.1, 0.15) is 40.6 Å². The lowest BCUT2D eigenvalue weighted by Gasteiger charge is -2.24. The largest absolute Gasteiger partial charge is 0.346 e. The van der Waals surface area contributed by atoms with E-state index in [0.717, 1.165) is 36.7 Å². The van der Waals surface area contributed by atoms with Crippen LogP contribution in [0.2, 0.25) is 0 Å². The molecule has 1 atom stereocenters. The maximum absolute atomic E-state index is 11.6. The van der Waals surface area contributed by atoms with E-state index in [9.17, 15) is 4.79 Å². The lowest BCUT2D eigenvalue weighted by atomic mass is 10.1. The van der Waals surface area contributed by atoms with Crippen LogP contribution in [-0.4, -0.2) is 27.4 Å². The minimum atomic E-state index is -0.0290. The number of amides is 1. The van der Waals surface area contributed by atoms with Gasteiger partial charge in [0.25, 0.3) is 5.91 Å². The molecule has 0 unspecified atom stereocenters. The first kappa shape index (κ1) is 12.3. The molecule has 106 valence electrons. The molecule has 6 nitrogen and oxygen atoms in total. The molecule has 4 heterocycles. The van der Waals surface area contributed by atoms with Crippen LogP contribution in [0, 0.1) is 0 Å². The number of hydrogen-bond donors (Lipinski definition) is 1. The highest BCUT2D eigenvalue weighted by Gasteiger charge is 2.30. The minimum absolute atomic E-state index is 0.0290. The van der Waals surface area contributed by atoms with Gasteiger partial charge >= 0.3 is 0 Å². The second-order valence-corrected chi connectivity index (χ2v) is 5.31. The number of carbonyl (C=O) groups is 1. The Balaban J connectivity index is 1.68. The highest BCUT2D eigenvalue weighted by molar-refractivity contribution is 5.97. The third-order valence-electron chi connectivity index (χ3n) is 4.06. The number of nitrogens with one attached hydrogen (secondary N) is 1. The van der Waals surface area contributed by atoms with Gasteiger partial charge in [0, 0.05) is 18.9 Å². The van der Waals surface area contributed by atoms with Crippen LogP contribution in [0.5, 0.6) is 0 Å². The molecule has 21 heavy (non-hydrogen) atoms. The molecule has 1 amide bonds. The first-order valence-electron chi connectivity index (χ1n) is 7.14. The molecule has 1 saturated heterocycles. The van der Waals surface area contributed by atoms with Gasteiger partial charge in [0.05, 0.1) is 29.5 Å². The molecule has 0 aromatic carbocycles. The predicted molar refractivity (Wildman–Crippen MR) is 76.8 cm³/mol. The summed E-state index contributed by atoms with van der Waals surface area (Å²) in [6.07, 6.45) is 5.65. The summed E-state index contributed by atoms with van der Waals surface area (Å²) in [7, 11) is 0. The molecule has 1 N–H and O–H groups in total. The Bertz CT molecular complexity index is 688. The summed E-state index contributed by atoms with van der Waals surface area (Å²) in [5, 5.41) is 2.81. The summed E-state index contributed by atoms with van der Waals surface area (Å²) in [5.74, 6) is 0.718. The van der Waals surface area contributed by atoms with Gasteiger partial charge < -0.3 is 10.2 Å². The molecule has 0 bridgehead atoms. The van der Waals surface area contributed by atoms with Gasteiger partial charge in [-0.3, -0.25) is 9.78 Å². The van der Waals surface area contributed by atoms with Gasteiger partial charge in [-0.25, -0.2) is 9.97 Å². The predicted octanol–water partition coefficient (Wildman–Crippen LogP) is 1.46. The maximum atomic E-state index is 11.6. The number of anilines is 1. The summed E-state index contributed by atoms with van der Waals surface area (Å²) >= 11 is 0. The first-order valence-corrected chi connectivity index (χ1v) is 7.14. The fourth-order valence-electron chi connectivity index (χ4n) is 3.06. The Morgan fingerprint density at radius 3 is 2.95 bits per heavy atom. The number of rotatable bonds is 2. The summed E-state index contributed by atoms with van der Waals surface area (Å²) in [5.41, 5.74) is 2.53. The van der Waals surface area contributed by atoms with Gasteiger partial charge in [-0.1, -0.05) is 0 Å². The van der Waals surface area contributed by atoms with E-state index in [4.69, 9.17) is 0 Å². The molecule has 0 saturated carbocycles. The van der Waals surface area contributed by atoms with Crippen molar-refractivity contribution < 1.29 is 4.79 Å². The van der Waals surface area contributed by atoms with Crippen molar-refractivity contribution in [3.63, 3.8) is 0 Å². The molecule has 2 aliphatic rings. The van der Waals surface area contributed by atoms with Crippen LogP contribution in [-0.2, 0) is 6.54 Å². The van der Waals surface area contributed by atoms with E-state index in [0.29, 0.717) is 12.1 Å². The lowest BCUT2D eigenvalue weighted by Crippen LogP contribution is -2.25. The average Bonchev–Trinajstić information content (AvgIpc) is 3.15. The quantitative estimate of drug-likeness (QED) is 0.902. The Morgan fingerprint density at radius 2 is 2.10 bits per heavy atom. The standard InChI is InChI=1S/C15H15N5O/c21-14-10-4-5-11(19-12(10)9-18-14)13-3-1-8-20(13)15-16-6-2-7-17-15/h2,4-7,13H,1,3,8-9H2,(H,18,21)/t13-/m1/s1. The Labute approximate surface area is 122 Å². The number of fused-ring (bicyclic) bond motifs is 1. The van der Waals surface area contributed by atoms with E-state index in [2.05, 4.69) is 25.2 Å². The van der Waals surface area contributed by atoms with Crippen molar-refractivity contribution in [3.05, 3.63) is 47.5 Å². The van der Waals surface area contributed by atoms with Gasteiger partial charge in [0.2, 0.25) is 5.95 Å². The zero-order chi connectivity index (χ0) is 14.2. The fourth-order valence-corrected chi connectivity index (χ4v) is 3.06. The molecule has 4 rings (SSSR count). The van der Waals surface area contributed by atoms with E-state index in [1.54, 1.807) is 12.4 Å². The van der Waals surface area contributed by atoms with Crippen LogP contribution in [0.15, 0.2) is 30.6 Å². The fraction of sp³-hybridized carbons (Fsp3) is 0.333. The molecule has 1 fully saturated rings. The number of aromatic nitrogens is 3. The van der Waals surface area contributed by atoms with Gasteiger partial charge in [-0.05, 0) is 31.0 Å². The third-order valence-corrected chi connectivity index (χ3v) is 4.06. The van der Waals surface area contributed by atoms with Crippen LogP contribution in [0.25, 0.3) is 0 Å². The zero-order valence-corrected chi connectivity index (χ0v) is 11.5. The monoisotopic (exact) mass is 281 g/mol. The van der Waals surface area contributed by atoms with Crippen molar-refractivity contribution in [1.29, 1.82) is 0 Å². The molecule has 6 heteroatoms. The van der Waals surface area contributed by atoms with E-state index in [1.807, 2.05) is 18.2 Å². The Morgan fingerprint density at radius 1 is 1.24 bits per heavy atom. The second-order valence-electron chi connectivity index (χ2n) is 5.31. The number of hydrogen-bond acceptors (Lipinski definition) is 5. The van der Waals surface area contributed by atoms with Gasteiger partial charge in [-0.15, -0.1) is 0 Å². The molecule has 2 aliphatic heterocycles. The van der Waals surface area contributed by atoms with Crippen LogP contribution >= 0.6 is 0 Å².